The number of aliphatic hydroxyl groups is 1. The number of ketones is 1. The molecule has 5 rings (SSSR count). The van der Waals surface area contributed by atoms with Crippen molar-refractivity contribution in [3.05, 3.63) is 58.5 Å². The Bertz CT molecular complexity index is 1080. The molecule has 0 spiro atoms. The molecule has 6 atom stereocenters. The first-order valence-electron chi connectivity index (χ1n) is 12.1. The monoisotopic (exact) mass is 468 g/mol. The molecule has 0 saturated heterocycles. The van der Waals surface area contributed by atoms with Gasteiger partial charge in [-0.25, -0.2) is 0 Å². The summed E-state index contributed by atoms with van der Waals surface area (Å²) in [5, 5.41) is 11.8. The number of methoxy groups -OCH3 is 1. The Morgan fingerprint density at radius 3 is 2.79 bits per heavy atom. The predicted molar refractivity (Wildman–Crippen MR) is 129 cm³/mol. The van der Waals surface area contributed by atoms with Gasteiger partial charge in [-0.05, 0) is 128 Å². The standard InChI is InChI=1S/C28H33ClO4/c1-27-15-14-21-20-9-5-19(32-3)16-17(20)4-8-22(21)23(27)10-11-24(27)28(2,31)25(30)12-6-18-7-13-26(29)33-18/h5-7,9,12-13,16,21-24,31H,4,8,10-11,14-15H2,1-3H3/b12-6+/t21-,22-,23+,24?,27+,28-/m1/s1. The first-order chi connectivity index (χ1) is 15.7. The van der Waals surface area contributed by atoms with E-state index in [0.717, 1.165) is 37.9 Å². The summed E-state index contributed by atoms with van der Waals surface area (Å²) < 4.78 is 10.8. The number of hydrogen-bond acceptors (Lipinski definition) is 4. The van der Waals surface area contributed by atoms with E-state index >= 15 is 0 Å². The molecule has 1 unspecified atom stereocenters. The summed E-state index contributed by atoms with van der Waals surface area (Å²) >= 11 is 5.83. The normalized spacial score (nSPS) is 32.6. The van der Waals surface area contributed by atoms with Crippen molar-refractivity contribution in [2.75, 3.05) is 7.11 Å². The van der Waals surface area contributed by atoms with Crippen molar-refractivity contribution in [3.63, 3.8) is 0 Å². The number of fused-ring (bicyclic) bond motifs is 5. The maximum Gasteiger partial charge on any atom is 0.193 e. The van der Waals surface area contributed by atoms with Gasteiger partial charge in [0.25, 0.3) is 0 Å². The topological polar surface area (TPSA) is 59.7 Å². The molecule has 176 valence electrons. The van der Waals surface area contributed by atoms with Crippen LogP contribution in [0.2, 0.25) is 5.22 Å². The second-order valence-electron chi connectivity index (χ2n) is 10.6. The summed E-state index contributed by atoms with van der Waals surface area (Å²) in [7, 11) is 1.73. The second-order valence-corrected chi connectivity index (χ2v) is 11.0. The van der Waals surface area contributed by atoms with Crippen LogP contribution < -0.4 is 4.74 Å². The van der Waals surface area contributed by atoms with Crippen LogP contribution in [0, 0.1) is 23.2 Å². The molecule has 5 heteroatoms. The molecular weight excluding hydrogens is 436 g/mol. The number of aryl methyl sites for hydroxylation is 1. The molecule has 1 aromatic carbocycles. The molecule has 33 heavy (non-hydrogen) atoms. The molecule has 2 fully saturated rings. The Balaban J connectivity index is 1.37. The average Bonchev–Trinajstić information content (AvgIpc) is 3.39. The van der Waals surface area contributed by atoms with E-state index in [4.69, 9.17) is 20.8 Å². The highest BCUT2D eigenvalue weighted by molar-refractivity contribution is 6.28. The van der Waals surface area contributed by atoms with Gasteiger partial charge in [0, 0.05) is 5.92 Å². The molecule has 1 aromatic heterocycles. The molecule has 0 amide bonds. The Morgan fingerprint density at radius 1 is 1.24 bits per heavy atom. The van der Waals surface area contributed by atoms with Gasteiger partial charge in [-0.2, -0.15) is 0 Å². The highest BCUT2D eigenvalue weighted by Crippen LogP contribution is 2.65. The van der Waals surface area contributed by atoms with E-state index in [0.29, 0.717) is 23.5 Å². The first-order valence-corrected chi connectivity index (χ1v) is 12.5. The minimum absolute atomic E-state index is 0.0356. The van der Waals surface area contributed by atoms with Crippen LogP contribution in [0.1, 0.15) is 68.8 Å². The fraction of sp³-hybridized carbons (Fsp3) is 0.536. The quantitative estimate of drug-likeness (QED) is 0.512. The largest absolute Gasteiger partial charge is 0.497 e. The zero-order chi connectivity index (χ0) is 23.4. The van der Waals surface area contributed by atoms with E-state index in [2.05, 4.69) is 25.1 Å². The van der Waals surface area contributed by atoms with Crippen LogP contribution in [-0.4, -0.2) is 23.6 Å². The lowest BCUT2D eigenvalue weighted by molar-refractivity contribution is -0.144. The summed E-state index contributed by atoms with van der Waals surface area (Å²) in [6.07, 6.45) is 9.41. The smallest absolute Gasteiger partial charge is 0.193 e. The summed E-state index contributed by atoms with van der Waals surface area (Å²) in [5.74, 6) is 2.85. The minimum atomic E-state index is -1.40. The van der Waals surface area contributed by atoms with Crippen molar-refractivity contribution >= 4 is 23.5 Å². The molecule has 1 heterocycles. The van der Waals surface area contributed by atoms with Crippen molar-refractivity contribution in [1.82, 2.24) is 0 Å². The van der Waals surface area contributed by atoms with E-state index in [1.54, 1.807) is 32.2 Å². The average molecular weight is 469 g/mol. The second kappa shape index (κ2) is 8.32. The molecule has 0 aliphatic heterocycles. The maximum absolute atomic E-state index is 13.1. The third-order valence-electron chi connectivity index (χ3n) is 9.10. The fourth-order valence-corrected chi connectivity index (χ4v) is 7.68. The van der Waals surface area contributed by atoms with Crippen molar-refractivity contribution in [2.24, 2.45) is 23.2 Å². The van der Waals surface area contributed by atoms with Crippen LogP contribution in [0.25, 0.3) is 6.08 Å². The number of benzene rings is 1. The molecule has 4 nitrogen and oxygen atoms in total. The number of ether oxygens (including phenoxy) is 1. The molecule has 2 saturated carbocycles. The molecular formula is C28H33ClO4. The zero-order valence-corrected chi connectivity index (χ0v) is 20.4. The van der Waals surface area contributed by atoms with Crippen LogP contribution in [0.3, 0.4) is 0 Å². The van der Waals surface area contributed by atoms with Crippen LogP contribution in [0.4, 0.5) is 0 Å². The van der Waals surface area contributed by atoms with Crippen LogP contribution >= 0.6 is 11.6 Å². The third kappa shape index (κ3) is 3.76. The number of furan rings is 1. The Kier molecular flexibility index (Phi) is 5.73. The Morgan fingerprint density at radius 2 is 2.06 bits per heavy atom. The Labute approximate surface area is 201 Å². The lowest BCUT2D eigenvalue weighted by Crippen LogP contribution is -2.51. The van der Waals surface area contributed by atoms with Crippen LogP contribution in [0.5, 0.6) is 5.75 Å². The number of carbonyl (C=O) groups is 1. The van der Waals surface area contributed by atoms with Gasteiger partial charge in [-0.3, -0.25) is 4.79 Å². The minimum Gasteiger partial charge on any atom is -0.497 e. The molecule has 1 N–H and O–H groups in total. The van der Waals surface area contributed by atoms with Crippen LogP contribution in [-0.2, 0) is 11.2 Å². The highest BCUT2D eigenvalue weighted by Gasteiger charge is 2.60. The maximum atomic E-state index is 13.1. The van der Waals surface area contributed by atoms with Crippen molar-refractivity contribution < 1.29 is 19.1 Å². The fourth-order valence-electron chi connectivity index (χ4n) is 7.53. The number of rotatable bonds is 5. The number of hydrogen-bond donors (Lipinski definition) is 1. The van der Waals surface area contributed by atoms with E-state index < -0.39 is 5.60 Å². The molecule has 0 radical (unpaired) electrons. The summed E-state index contributed by atoms with van der Waals surface area (Å²) in [6.45, 7) is 4.04. The van der Waals surface area contributed by atoms with Gasteiger partial charge >= 0.3 is 0 Å². The molecule has 3 aliphatic rings. The van der Waals surface area contributed by atoms with Crippen molar-refractivity contribution in [3.8, 4) is 5.75 Å². The van der Waals surface area contributed by atoms with E-state index in [1.807, 2.05) is 0 Å². The van der Waals surface area contributed by atoms with Gasteiger partial charge in [0.2, 0.25) is 0 Å². The first kappa shape index (κ1) is 22.7. The number of carbonyl (C=O) groups excluding carboxylic acids is 1. The van der Waals surface area contributed by atoms with E-state index in [9.17, 15) is 9.90 Å². The van der Waals surface area contributed by atoms with E-state index in [1.165, 1.54) is 23.6 Å². The lowest BCUT2D eigenvalue weighted by atomic mass is 9.52. The van der Waals surface area contributed by atoms with Gasteiger partial charge in [-0.1, -0.05) is 13.0 Å². The van der Waals surface area contributed by atoms with Gasteiger partial charge in [0.05, 0.1) is 7.11 Å². The summed E-state index contributed by atoms with van der Waals surface area (Å²) in [6, 6.07) is 9.92. The van der Waals surface area contributed by atoms with Crippen molar-refractivity contribution in [2.45, 2.75) is 63.9 Å². The summed E-state index contributed by atoms with van der Waals surface area (Å²) in [5.41, 5.74) is 1.48. The summed E-state index contributed by atoms with van der Waals surface area (Å²) in [4.78, 5) is 13.1. The van der Waals surface area contributed by atoms with Gasteiger partial charge in [-0.15, -0.1) is 0 Å². The molecule has 2 aromatic rings. The van der Waals surface area contributed by atoms with Gasteiger partial charge < -0.3 is 14.3 Å². The molecule has 3 aliphatic carbocycles. The van der Waals surface area contributed by atoms with Crippen LogP contribution in [0.15, 0.2) is 40.8 Å². The van der Waals surface area contributed by atoms with E-state index in [-0.39, 0.29) is 22.3 Å². The third-order valence-corrected chi connectivity index (χ3v) is 9.31. The lowest BCUT2D eigenvalue weighted by Gasteiger charge is -2.52. The van der Waals surface area contributed by atoms with Gasteiger partial charge in [0.1, 0.15) is 17.1 Å². The highest BCUT2D eigenvalue weighted by atomic mass is 35.5. The van der Waals surface area contributed by atoms with Crippen molar-refractivity contribution in [1.29, 1.82) is 0 Å². The molecule has 0 bridgehead atoms. The predicted octanol–water partition coefficient (Wildman–Crippen LogP) is 6.45. The Hall–Kier alpha value is -2.04. The van der Waals surface area contributed by atoms with Gasteiger partial charge in [0.15, 0.2) is 11.0 Å². The zero-order valence-electron chi connectivity index (χ0n) is 19.6. The number of halogens is 1. The SMILES string of the molecule is COc1ccc2c(c1)CC[C@@H]1[C@@H]2CC[C@]2(C)C([C@@](C)(O)C(=O)/C=C/c3ccc(Cl)o3)CC[C@@H]12.